The van der Waals surface area contributed by atoms with E-state index in [-0.39, 0.29) is 23.2 Å². The second-order valence-corrected chi connectivity index (χ2v) is 8.82. The van der Waals surface area contributed by atoms with Crippen LogP contribution in [0.3, 0.4) is 0 Å². The number of halogens is 1. The lowest BCUT2D eigenvalue weighted by molar-refractivity contribution is -0.132. The van der Waals surface area contributed by atoms with Crippen LogP contribution in [-0.2, 0) is 9.59 Å². The second kappa shape index (κ2) is 9.23. The first-order chi connectivity index (χ1) is 16.2. The van der Waals surface area contributed by atoms with Crippen molar-refractivity contribution in [3.05, 3.63) is 94.0 Å². The molecule has 1 aliphatic rings. The SMILES string of the molecule is Cc1cc(/C(O)=C2/C(=O)C(=O)N(c3ccc(Cl)cc3)C2c2ccc(O)cc2)ccc1OC(C)C. The Bertz CT molecular complexity index is 1280. The number of aryl methyl sites for hydroxylation is 1. The lowest BCUT2D eigenvalue weighted by Gasteiger charge is -2.25. The number of amides is 1. The quantitative estimate of drug-likeness (QED) is 0.277. The van der Waals surface area contributed by atoms with Crippen LogP contribution in [0, 0.1) is 6.92 Å². The van der Waals surface area contributed by atoms with Crippen molar-refractivity contribution in [2.24, 2.45) is 0 Å². The van der Waals surface area contributed by atoms with Crippen molar-refractivity contribution in [2.75, 3.05) is 4.90 Å². The molecule has 0 saturated carbocycles. The number of aliphatic hydroxyl groups excluding tert-OH is 1. The molecule has 2 N–H and O–H groups in total. The van der Waals surface area contributed by atoms with Crippen LogP contribution in [-0.4, -0.2) is 28.0 Å². The molecule has 1 fully saturated rings. The van der Waals surface area contributed by atoms with E-state index in [1.54, 1.807) is 54.6 Å². The second-order valence-electron chi connectivity index (χ2n) is 8.38. The molecule has 1 amide bonds. The van der Waals surface area contributed by atoms with E-state index in [2.05, 4.69) is 0 Å². The Morgan fingerprint density at radius 3 is 2.24 bits per heavy atom. The largest absolute Gasteiger partial charge is 0.508 e. The highest BCUT2D eigenvalue weighted by atomic mass is 35.5. The van der Waals surface area contributed by atoms with Crippen LogP contribution in [0.1, 0.15) is 36.6 Å². The van der Waals surface area contributed by atoms with Crippen molar-refractivity contribution in [2.45, 2.75) is 32.9 Å². The number of phenolic OH excluding ortho intramolecular Hbond substituents is 1. The van der Waals surface area contributed by atoms with Gasteiger partial charge in [0.1, 0.15) is 17.3 Å². The van der Waals surface area contributed by atoms with Crippen LogP contribution in [0.15, 0.2) is 72.3 Å². The fraction of sp³-hybridized carbons (Fsp3) is 0.185. The third-order valence-electron chi connectivity index (χ3n) is 5.57. The first-order valence-electron chi connectivity index (χ1n) is 10.8. The number of aliphatic hydroxyl groups is 1. The van der Waals surface area contributed by atoms with E-state index >= 15 is 0 Å². The summed E-state index contributed by atoms with van der Waals surface area (Å²) in [5.74, 6) is -1.14. The van der Waals surface area contributed by atoms with Gasteiger partial charge >= 0.3 is 0 Å². The molecule has 34 heavy (non-hydrogen) atoms. The van der Waals surface area contributed by atoms with E-state index in [1.165, 1.54) is 17.0 Å². The number of Topliss-reactive ketones (excluding diaryl/α,β-unsaturated/α-hetero) is 1. The fourth-order valence-corrected chi connectivity index (χ4v) is 4.14. The number of hydrogen-bond acceptors (Lipinski definition) is 5. The summed E-state index contributed by atoms with van der Waals surface area (Å²) in [6.07, 6.45) is -0.0163. The van der Waals surface area contributed by atoms with Crippen LogP contribution in [0.2, 0.25) is 5.02 Å². The number of benzene rings is 3. The number of carbonyl (C=O) groups excluding carboxylic acids is 2. The van der Waals surface area contributed by atoms with Crippen molar-refractivity contribution in [1.82, 2.24) is 0 Å². The average Bonchev–Trinajstić information content (AvgIpc) is 3.06. The van der Waals surface area contributed by atoms with E-state index in [9.17, 15) is 19.8 Å². The Hall–Kier alpha value is -3.77. The number of carbonyl (C=O) groups is 2. The molecule has 0 aliphatic carbocycles. The number of phenols is 1. The Morgan fingerprint density at radius 1 is 1.00 bits per heavy atom. The normalized spacial score (nSPS) is 17.4. The molecule has 4 rings (SSSR count). The van der Waals surface area contributed by atoms with Gasteiger partial charge in [0.25, 0.3) is 11.7 Å². The van der Waals surface area contributed by atoms with E-state index in [1.807, 2.05) is 20.8 Å². The van der Waals surface area contributed by atoms with Gasteiger partial charge in [-0.15, -0.1) is 0 Å². The standard InChI is InChI=1S/C27H24ClNO5/c1-15(2)34-22-13-6-18(14-16(22)3)25(31)23-24(17-4-11-21(30)12-5-17)29(27(33)26(23)32)20-9-7-19(28)8-10-20/h4-15,24,30-31H,1-3H3/b25-23-. The molecule has 3 aromatic carbocycles. The lowest BCUT2D eigenvalue weighted by Crippen LogP contribution is -2.29. The zero-order chi connectivity index (χ0) is 24.6. The highest BCUT2D eigenvalue weighted by Crippen LogP contribution is 2.43. The Kier molecular flexibility index (Phi) is 6.35. The van der Waals surface area contributed by atoms with Crippen LogP contribution < -0.4 is 9.64 Å². The van der Waals surface area contributed by atoms with Crippen molar-refractivity contribution in [3.8, 4) is 11.5 Å². The molecular weight excluding hydrogens is 454 g/mol. The van der Waals surface area contributed by atoms with E-state index < -0.39 is 17.7 Å². The highest BCUT2D eigenvalue weighted by molar-refractivity contribution is 6.51. The number of hydrogen-bond donors (Lipinski definition) is 2. The van der Waals surface area contributed by atoms with Gasteiger partial charge in [-0.3, -0.25) is 14.5 Å². The number of anilines is 1. The lowest BCUT2D eigenvalue weighted by atomic mass is 9.94. The third-order valence-corrected chi connectivity index (χ3v) is 5.82. The molecule has 1 atom stereocenters. The van der Waals surface area contributed by atoms with Crippen LogP contribution >= 0.6 is 11.6 Å². The zero-order valence-electron chi connectivity index (χ0n) is 18.9. The van der Waals surface area contributed by atoms with E-state index in [4.69, 9.17) is 16.3 Å². The summed E-state index contributed by atoms with van der Waals surface area (Å²) < 4.78 is 5.77. The number of ether oxygens (including phenoxy) is 1. The molecule has 0 spiro atoms. The molecule has 1 aliphatic heterocycles. The maximum Gasteiger partial charge on any atom is 0.300 e. The molecule has 174 valence electrons. The topological polar surface area (TPSA) is 87.1 Å². The Morgan fingerprint density at radius 2 is 1.65 bits per heavy atom. The van der Waals surface area contributed by atoms with Gasteiger partial charge in [0.2, 0.25) is 0 Å². The predicted molar refractivity (Wildman–Crippen MR) is 131 cm³/mol. The average molecular weight is 478 g/mol. The van der Waals surface area contributed by atoms with Gasteiger partial charge < -0.3 is 14.9 Å². The van der Waals surface area contributed by atoms with Gasteiger partial charge in [-0.05, 0) is 86.5 Å². The highest BCUT2D eigenvalue weighted by Gasteiger charge is 2.47. The number of rotatable bonds is 5. The molecule has 6 nitrogen and oxygen atoms in total. The number of nitrogens with zero attached hydrogens (tertiary/aromatic N) is 1. The van der Waals surface area contributed by atoms with Gasteiger partial charge in [-0.25, -0.2) is 0 Å². The summed E-state index contributed by atoms with van der Waals surface area (Å²) in [5, 5.41) is 21.5. The monoisotopic (exact) mass is 477 g/mol. The van der Waals surface area contributed by atoms with Crippen molar-refractivity contribution in [1.29, 1.82) is 0 Å². The molecule has 0 radical (unpaired) electrons. The number of ketones is 1. The van der Waals surface area contributed by atoms with Crippen molar-refractivity contribution < 1.29 is 24.5 Å². The molecule has 1 heterocycles. The van der Waals surface area contributed by atoms with Gasteiger partial charge in [0.05, 0.1) is 17.7 Å². The predicted octanol–water partition coefficient (Wildman–Crippen LogP) is 5.77. The Balaban J connectivity index is 1.88. The molecule has 1 unspecified atom stereocenters. The minimum atomic E-state index is -0.895. The maximum atomic E-state index is 13.2. The van der Waals surface area contributed by atoms with Gasteiger partial charge in [-0.1, -0.05) is 23.7 Å². The van der Waals surface area contributed by atoms with Crippen molar-refractivity contribution >= 4 is 34.7 Å². The molecule has 0 aromatic heterocycles. The maximum absolute atomic E-state index is 13.2. The third kappa shape index (κ3) is 4.37. The van der Waals surface area contributed by atoms with E-state index in [0.29, 0.717) is 27.6 Å². The van der Waals surface area contributed by atoms with Crippen LogP contribution in [0.5, 0.6) is 11.5 Å². The van der Waals surface area contributed by atoms with Crippen LogP contribution in [0.4, 0.5) is 5.69 Å². The summed E-state index contributed by atoms with van der Waals surface area (Å²) in [7, 11) is 0. The molecule has 3 aromatic rings. The Labute approximate surface area is 202 Å². The summed E-state index contributed by atoms with van der Waals surface area (Å²) in [5.41, 5.74) is 2.16. The smallest absolute Gasteiger partial charge is 0.300 e. The summed E-state index contributed by atoms with van der Waals surface area (Å²) in [4.78, 5) is 27.7. The number of aromatic hydroxyl groups is 1. The fourth-order valence-electron chi connectivity index (χ4n) is 4.01. The van der Waals surface area contributed by atoms with Gasteiger partial charge in [-0.2, -0.15) is 0 Å². The van der Waals surface area contributed by atoms with Crippen molar-refractivity contribution in [3.63, 3.8) is 0 Å². The molecule has 7 heteroatoms. The molecular formula is C27H24ClNO5. The minimum Gasteiger partial charge on any atom is -0.508 e. The van der Waals surface area contributed by atoms with Gasteiger partial charge in [0, 0.05) is 16.3 Å². The zero-order valence-corrected chi connectivity index (χ0v) is 19.7. The van der Waals surface area contributed by atoms with Crippen LogP contribution in [0.25, 0.3) is 5.76 Å². The van der Waals surface area contributed by atoms with Gasteiger partial charge in [0.15, 0.2) is 0 Å². The summed E-state index contributed by atoms with van der Waals surface area (Å²) in [6, 6.07) is 16.9. The summed E-state index contributed by atoms with van der Waals surface area (Å²) in [6.45, 7) is 5.69. The summed E-state index contributed by atoms with van der Waals surface area (Å²) >= 11 is 6.01. The molecule has 0 bridgehead atoms. The minimum absolute atomic E-state index is 0.0163. The first kappa shape index (κ1) is 23.4. The molecule has 1 saturated heterocycles. The first-order valence-corrected chi connectivity index (χ1v) is 11.2. The van der Waals surface area contributed by atoms with E-state index in [0.717, 1.165) is 5.56 Å².